The molecule has 0 spiro atoms. The molecule has 1 heterocycles. The van der Waals surface area contributed by atoms with E-state index in [1.54, 1.807) is 0 Å². The quantitative estimate of drug-likeness (QED) is 0.682. The van der Waals surface area contributed by atoms with Crippen LogP contribution in [0, 0.1) is 0 Å². The third-order valence-corrected chi connectivity index (χ3v) is 2.86. The summed E-state index contributed by atoms with van der Waals surface area (Å²) in [6.07, 6.45) is -9.90. The predicted octanol–water partition coefficient (Wildman–Crippen LogP) is 3.53. The molecule has 8 heteroatoms. The number of hydrogen-bond donors (Lipinski definition) is 0. The van der Waals surface area contributed by atoms with Gasteiger partial charge in [-0.25, -0.2) is 0 Å². The molecule has 2 nitrogen and oxygen atoms in total. The number of halogens is 6. The van der Waals surface area contributed by atoms with Crippen molar-refractivity contribution in [2.24, 2.45) is 7.05 Å². The van der Waals surface area contributed by atoms with Crippen molar-refractivity contribution in [2.75, 3.05) is 0 Å². The molecule has 0 radical (unpaired) electrons. The first-order valence-electron chi connectivity index (χ1n) is 5.30. The summed E-state index contributed by atoms with van der Waals surface area (Å²) >= 11 is 0. The first kappa shape index (κ1) is 14.4. The van der Waals surface area contributed by atoms with E-state index in [9.17, 15) is 31.1 Å². The SMILES string of the molecule is Cn1c2cc(=O)ccc-2c(C(F)(F)F)cc1C(F)(F)F. The van der Waals surface area contributed by atoms with E-state index in [1.165, 1.54) is 0 Å². The third kappa shape index (κ3) is 2.37. The van der Waals surface area contributed by atoms with E-state index in [1.807, 2.05) is 0 Å². The number of aromatic nitrogens is 1. The van der Waals surface area contributed by atoms with Gasteiger partial charge >= 0.3 is 12.4 Å². The molecule has 0 aromatic carbocycles. The predicted molar refractivity (Wildman–Crippen MR) is 58.3 cm³/mol. The minimum absolute atomic E-state index is 0.0484. The zero-order valence-corrected chi connectivity index (χ0v) is 9.93. The lowest BCUT2D eigenvalue weighted by atomic mass is 10.0. The fraction of sp³-hybridized carbons (Fsp3) is 0.250. The molecule has 20 heavy (non-hydrogen) atoms. The van der Waals surface area contributed by atoms with Crippen LogP contribution >= 0.6 is 0 Å². The fourth-order valence-corrected chi connectivity index (χ4v) is 1.96. The van der Waals surface area contributed by atoms with E-state index in [4.69, 9.17) is 0 Å². The molecule has 0 bridgehead atoms. The van der Waals surface area contributed by atoms with Crippen molar-refractivity contribution in [3.05, 3.63) is 45.7 Å². The highest BCUT2D eigenvalue weighted by molar-refractivity contribution is 5.67. The molecule has 0 saturated carbocycles. The van der Waals surface area contributed by atoms with Crippen molar-refractivity contribution in [1.82, 2.24) is 4.57 Å². The maximum absolute atomic E-state index is 12.9. The molecule has 0 atom stereocenters. The fourth-order valence-electron chi connectivity index (χ4n) is 1.96. The Morgan fingerprint density at radius 1 is 0.950 bits per heavy atom. The minimum atomic E-state index is -4.96. The maximum atomic E-state index is 12.9. The first-order chi connectivity index (χ1) is 9.01. The van der Waals surface area contributed by atoms with Crippen LogP contribution < -0.4 is 5.43 Å². The Kier molecular flexibility index (Phi) is 3.07. The molecule has 2 aliphatic rings. The largest absolute Gasteiger partial charge is 0.431 e. The lowest BCUT2D eigenvalue weighted by Crippen LogP contribution is -2.21. The molecule has 0 fully saturated rings. The highest BCUT2D eigenvalue weighted by atomic mass is 19.4. The summed E-state index contributed by atoms with van der Waals surface area (Å²) in [6, 6.07) is 2.55. The summed E-state index contributed by atoms with van der Waals surface area (Å²) in [5, 5.41) is 0. The Morgan fingerprint density at radius 2 is 1.55 bits per heavy atom. The van der Waals surface area contributed by atoms with E-state index >= 15 is 0 Å². The van der Waals surface area contributed by atoms with Crippen molar-refractivity contribution < 1.29 is 26.3 Å². The second-order valence-corrected chi connectivity index (χ2v) is 4.18. The minimum Gasteiger partial charge on any atom is -0.340 e. The van der Waals surface area contributed by atoms with E-state index in [-0.39, 0.29) is 6.07 Å². The number of rotatable bonds is 0. The number of hydrogen-bond acceptors (Lipinski definition) is 1. The van der Waals surface area contributed by atoms with Crippen LogP contribution in [0.4, 0.5) is 26.3 Å². The zero-order valence-electron chi connectivity index (χ0n) is 9.93. The van der Waals surface area contributed by atoms with Crippen LogP contribution in [0.15, 0.2) is 29.1 Å². The van der Waals surface area contributed by atoms with Gasteiger partial charge in [-0.05, 0) is 18.2 Å². The Morgan fingerprint density at radius 3 is 2.05 bits per heavy atom. The molecule has 0 saturated heterocycles. The van der Waals surface area contributed by atoms with E-state index in [0.29, 0.717) is 4.57 Å². The summed E-state index contributed by atoms with van der Waals surface area (Å²) in [6.45, 7) is 0. The Labute approximate surface area is 108 Å². The van der Waals surface area contributed by atoms with Gasteiger partial charge in [-0.3, -0.25) is 4.79 Å². The molecular weight excluding hydrogens is 288 g/mol. The molecule has 0 aromatic heterocycles. The van der Waals surface area contributed by atoms with Gasteiger partial charge in [0, 0.05) is 18.7 Å². The standard InChI is InChI=1S/C12H7F6NO/c1-19-9-4-6(20)2-3-7(9)8(11(13,14)15)5-10(19)12(16,17)18/h2-5H,1H3. The molecule has 0 aromatic rings. The number of fused-ring (bicyclic) bond motifs is 1. The smallest absolute Gasteiger partial charge is 0.340 e. The van der Waals surface area contributed by atoms with E-state index in [0.717, 1.165) is 25.2 Å². The molecule has 0 N–H and O–H groups in total. The average Bonchev–Trinajstić information content (AvgIpc) is 2.26. The van der Waals surface area contributed by atoms with Crippen LogP contribution in [0.3, 0.4) is 0 Å². The van der Waals surface area contributed by atoms with Crippen LogP contribution in [0.25, 0.3) is 11.3 Å². The molecule has 108 valence electrons. The van der Waals surface area contributed by atoms with Crippen molar-refractivity contribution >= 4 is 0 Å². The van der Waals surface area contributed by atoms with Crippen LogP contribution in [-0.2, 0) is 19.4 Å². The molecule has 1 aliphatic carbocycles. The summed E-state index contributed by atoms with van der Waals surface area (Å²) < 4.78 is 77.5. The maximum Gasteiger partial charge on any atom is 0.431 e. The normalized spacial score (nSPS) is 12.9. The van der Waals surface area contributed by atoms with Crippen LogP contribution in [0.2, 0.25) is 0 Å². The summed E-state index contributed by atoms with van der Waals surface area (Å²) in [5.74, 6) is 0. The van der Waals surface area contributed by atoms with Gasteiger partial charge in [-0.15, -0.1) is 0 Å². The lowest BCUT2D eigenvalue weighted by Gasteiger charge is -2.22. The third-order valence-electron chi connectivity index (χ3n) is 2.86. The second kappa shape index (κ2) is 4.26. The molecule has 0 amide bonds. The van der Waals surface area contributed by atoms with E-state index in [2.05, 4.69) is 0 Å². The van der Waals surface area contributed by atoms with Crippen molar-refractivity contribution in [3.63, 3.8) is 0 Å². The zero-order chi connectivity index (χ0) is 15.3. The first-order valence-corrected chi connectivity index (χ1v) is 5.30. The van der Waals surface area contributed by atoms with Gasteiger partial charge in [0.05, 0.1) is 11.3 Å². The number of nitrogens with zero attached hydrogens (tertiary/aromatic N) is 1. The number of alkyl halides is 6. The van der Waals surface area contributed by atoms with Crippen LogP contribution in [-0.4, -0.2) is 4.57 Å². The van der Waals surface area contributed by atoms with Gasteiger partial charge in [0.15, 0.2) is 5.43 Å². The van der Waals surface area contributed by atoms with Gasteiger partial charge in [0.25, 0.3) is 0 Å². The Balaban J connectivity index is 2.95. The highest BCUT2D eigenvalue weighted by Crippen LogP contribution is 2.41. The van der Waals surface area contributed by atoms with Gasteiger partial charge in [-0.1, -0.05) is 0 Å². The number of benzene rings is 1. The molecule has 1 aliphatic heterocycles. The van der Waals surface area contributed by atoms with Crippen molar-refractivity contribution in [2.45, 2.75) is 12.4 Å². The van der Waals surface area contributed by atoms with Gasteiger partial charge in [0.2, 0.25) is 0 Å². The lowest BCUT2D eigenvalue weighted by molar-refractivity contribution is -0.147. The average molecular weight is 295 g/mol. The molecule has 2 rings (SSSR count). The Bertz CT molecular complexity index is 682. The highest BCUT2D eigenvalue weighted by Gasteiger charge is 2.41. The second-order valence-electron chi connectivity index (χ2n) is 4.18. The van der Waals surface area contributed by atoms with E-state index < -0.39 is 40.3 Å². The molecular formula is C12H7F6NO. The molecule has 0 unspecified atom stereocenters. The van der Waals surface area contributed by atoms with Crippen molar-refractivity contribution in [3.8, 4) is 11.3 Å². The number of pyridine rings is 1. The topological polar surface area (TPSA) is 22.0 Å². The van der Waals surface area contributed by atoms with Crippen molar-refractivity contribution in [1.29, 1.82) is 0 Å². The van der Waals surface area contributed by atoms with Crippen LogP contribution in [0.5, 0.6) is 0 Å². The van der Waals surface area contributed by atoms with Gasteiger partial charge in [0.1, 0.15) is 5.69 Å². The summed E-state index contributed by atoms with van der Waals surface area (Å²) in [4.78, 5) is 11.2. The van der Waals surface area contributed by atoms with Crippen LogP contribution in [0.1, 0.15) is 11.3 Å². The summed E-state index contributed by atoms with van der Waals surface area (Å²) in [7, 11) is 0.963. The monoisotopic (exact) mass is 295 g/mol. The van der Waals surface area contributed by atoms with Gasteiger partial charge < -0.3 is 4.57 Å². The Hall–Kier alpha value is -1.99. The summed E-state index contributed by atoms with van der Waals surface area (Å²) in [5.41, 5.74) is -4.42. The van der Waals surface area contributed by atoms with Gasteiger partial charge in [-0.2, -0.15) is 26.3 Å².